The molecule has 1 aliphatic heterocycles. The van der Waals surface area contributed by atoms with Gasteiger partial charge in [-0.05, 0) is 25.3 Å². The Hall–Kier alpha value is 0.270. The van der Waals surface area contributed by atoms with Gasteiger partial charge in [0, 0.05) is 25.4 Å². The van der Waals surface area contributed by atoms with Crippen molar-refractivity contribution in [2.75, 3.05) is 44.2 Å². The molecule has 12 heavy (non-hydrogen) atoms. The summed E-state index contributed by atoms with van der Waals surface area (Å²) in [4.78, 5) is 2.57. The van der Waals surface area contributed by atoms with E-state index in [1.165, 1.54) is 37.6 Å². The Bertz CT molecular complexity index is 101. The zero-order valence-electron chi connectivity index (χ0n) is 8.01. The van der Waals surface area contributed by atoms with Crippen molar-refractivity contribution in [2.24, 2.45) is 0 Å². The second kappa shape index (κ2) is 6.75. The van der Waals surface area contributed by atoms with E-state index in [2.05, 4.69) is 28.9 Å². The van der Waals surface area contributed by atoms with Crippen molar-refractivity contribution >= 4 is 11.8 Å². The van der Waals surface area contributed by atoms with Gasteiger partial charge in [-0.25, -0.2) is 0 Å². The van der Waals surface area contributed by atoms with E-state index in [9.17, 15) is 0 Å². The molecule has 3 heteroatoms. The normalized spacial score (nSPS) is 20.8. The molecule has 0 radical (unpaired) electrons. The molecule has 72 valence electrons. The lowest BCUT2D eigenvalue weighted by Crippen LogP contribution is -2.33. The van der Waals surface area contributed by atoms with Crippen LogP contribution in [0.2, 0.25) is 0 Å². The monoisotopic (exact) mass is 188 g/mol. The van der Waals surface area contributed by atoms with Crippen molar-refractivity contribution in [3.8, 4) is 0 Å². The molecule has 1 saturated heterocycles. The van der Waals surface area contributed by atoms with E-state index in [0.29, 0.717) is 0 Å². The van der Waals surface area contributed by atoms with Crippen LogP contribution in [0.5, 0.6) is 0 Å². The van der Waals surface area contributed by atoms with Gasteiger partial charge in [0.05, 0.1) is 0 Å². The van der Waals surface area contributed by atoms with Crippen molar-refractivity contribution in [1.29, 1.82) is 0 Å². The van der Waals surface area contributed by atoms with Gasteiger partial charge < -0.3 is 10.2 Å². The van der Waals surface area contributed by atoms with E-state index in [0.717, 1.165) is 13.1 Å². The maximum atomic E-state index is 3.37. The Morgan fingerprint density at radius 3 is 3.08 bits per heavy atom. The topological polar surface area (TPSA) is 15.3 Å². The van der Waals surface area contributed by atoms with Gasteiger partial charge in [-0.1, -0.05) is 6.92 Å². The first kappa shape index (κ1) is 10.4. The van der Waals surface area contributed by atoms with E-state index in [1.807, 2.05) is 0 Å². The summed E-state index contributed by atoms with van der Waals surface area (Å²) in [6.45, 7) is 8.24. The van der Waals surface area contributed by atoms with Gasteiger partial charge in [0.1, 0.15) is 0 Å². The number of likely N-dealkylation sites (N-methyl/N-ethyl adjacent to an activating group) is 1. The molecule has 1 N–H and O–H groups in total. The van der Waals surface area contributed by atoms with E-state index < -0.39 is 0 Å². The highest BCUT2D eigenvalue weighted by molar-refractivity contribution is 7.99. The Morgan fingerprint density at radius 1 is 1.33 bits per heavy atom. The maximum Gasteiger partial charge on any atom is 0.0107 e. The summed E-state index contributed by atoms with van der Waals surface area (Å²) >= 11 is 2.10. The third-order valence-corrected chi connectivity index (χ3v) is 3.22. The van der Waals surface area contributed by atoms with Crippen molar-refractivity contribution in [2.45, 2.75) is 13.3 Å². The van der Waals surface area contributed by atoms with E-state index in [1.54, 1.807) is 0 Å². The maximum absolute atomic E-state index is 3.37. The zero-order chi connectivity index (χ0) is 8.65. The molecule has 1 rings (SSSR count). The molecule has 1 fully saturated rings. The number of hydrogen-bond acceptors (Lipinski definition) is 3. The SMILES string of the molecule is CCNCCN1CCCSCC1. The summed E-state index contributed by atoms with van der Waals surface area (Å²) in [5, 5.41) is 3.37. The van der Waals surface area contributed by atoms with Gasteiger partial charge in [0.2, 0.25) is 0 Å². The highest BCUT2D eigenvalue weighted by Gasteiger charge is 2.07. The van der Waals surface area contributed by atoms with Gasteiger partial charge >= 0.3 is 0 Å². The molecule has 1 aliphatic rings. The van der Waals surface area contributed by atoms with Crippen LogP contribution in [-0.2, 0) is 0 Å². The highest BCUT2D eigenvalue weighted by atomic mass is 32.2. The van der Waals surface area contributed by atoms with Crippen LogP contribution in [0.1, 0.15) is 13.3 Å². The van der Waals surface area contributed by atoms with Crippen LogP contribution in [0.15, 0.2) is 0 Å². The number of rotatable bonds is 4. The molecule has 2 nitrogen and oxygen atoms in total. The summed E-state index contributed by atoms with van der Waals surface area (Å²) in [7, 11) is 0. The molecule has 0 unspecified atom stereocenters. The fraction of sp³-hybridized carbons (Fsp3) is 1.00. The van der Waals surface area contributed by atoms with Crippen LogP contribution in [0.3, 0.4) is 0 Å². The Morgan fingerprint density at radius 2 is 2.25 bits per heavy atom. The van der Waals surface area contributed by atoms with Gasteiger partial charge in [-0.15, -0.1) is 0 Å². The second-order valence-electron chi connectivity index (χ2n) is 3.16. The lowest BCUT2D eigenvalue weighted by molar-refractivity contribution is 0.295. The van der Waals surface area contributed by atoms with Crippen molar-refractivity contribution < 1.29 is 0 Å². The van der Waals surface area contributed by atoms with E-state index in [-0.39, 0.29) is 0 Å². The molecule has 0 aromatic rings. The molecule has 0 amide bonds. The fourth-order valence-electron chi connectivity index (χ4n) is 1.44. The lowest BCUT2D eigenvalue weighted by atomic mass is 10.4. The molecular weight excluding hydrogens is 168 g/mol. The smallest absolute Gasteiger partial charge is 0.0107 e. The summed E-state index contributed by atoms with van der Waals surface area (Å²) in [5.74, 6) is 2.68. The number of thioether (sulfide) groups is 1. The average molecular weight is 188 g/mol. The first-order chi connectivity index (χ1) is 5.93. The van der Waals surface area contributed by atoms with Crippen LogP contribution in [0, 0.1) is 0 Å². The highest BCUT2D eigenvalue weighted by Crippen LogP contribution is 2.08. The quantitative estimate of drug-likeness (QED) is 0.664. The van der Waals surface area contributed by atoms with Crippen LogP contribution in [-0.4, -0.2) is 49.1 Å². The minimum Gasteiger partial charge on any atom is -0.316 e. The first-order valence-corrected chi connectivity index (χ1v) is 6.09. The minimum atomic E-state index is 1.10. The van der Waals surface area contributed by atoms with Crippen LogP contribution < -0.4 is 5.32 Å². The Kier molecular flexibility index (Phi) is 5.82. The second-order valence-corrected chi connectivity index (χ2v) is 4.39. The van der Waals surface area contributed by atoms with Gasteiger partial charge in [0.25, 0.3) is 0 Å². The summed E-state index contributed by atoms with van der Waals surface area (Å²) in [6, 6.07) is 0. The van der Waals surface area contributed by atoms with Gasteiger partial charge in [-0.2, -0.15) is 11.8 Å². The predicted molar refractivity (Wildman–Crippen MR) is 56.9 cm³/mol. The lowest BCUT2D eigenvalue weighted by Gasteiger charge is -2.18. The number of nitrogens with zero attached hydrogens (tertiary/aromatic N) is 1. The van der Waals surface area contributed by atoms with Gasteiger partial charge in [0.15, 0.2) is 0 Å². The molecule has 0 aliphatic carbocycles. The molecule has 0 aromatic heterocycles. The molecule has 0 saturated carbocycles. The van der Waals surface area contributed by atoms with Crippen molar-refractivity contribution in [3.63, 3.8) is 0 Å². The fourth-order valence-corrected chi connectivity index (χ4v) is 2.36. The zero-order valence-corrected chi connectivity index (χ0v) is 8.83. The molecule has 0 atom stereocenters. The van der Waals surface area contributed by atoms with Crippen LogP contribution >= 0.6 is 11.8 Å². The van der Waals surface area contributed by atoms with E-state index >= 15 is 0 Å². The summed E-state index contributed by atoms with van der Waals surface area (Å²) < 4.78 is 0. The van der Waals surface area contributed by atoms with Crippen LogP contribution in [0.25, 0.3) is 0 Å². The van der Waals surface area contributed by atoms with Crippen molar-refractivity contribution in [3.05, 3.63) is 0 Å². The number of hydrogen-bond donors (Lipinski definition) is 1. The largest absolute Gasteiger partial charge is 0.316 e. The van der Waals surface area contributed by atoms with Gasteiger partial charge in [-0.3, -0.25) is 0 Å². The third kappa shape index (κ3) is 4.33. The first-order valence-electron chi connectivity index (χ1n) is 4.94. The number of nitrogens with one attached hydrogen (secondary N) is 1. The van der Waals surface area contributed by atoms with Crippen molar-refractivity contribution in [1.82, 2.24) is 10.2 Å². The third-order valence-electron chi connectivity index (χ3n) is 2.17. The molecule has 1 heterocycles. The average Bonchev–Trinajstić information content (AvgIpc) is 2.33. The van der Waals surface area contributed by atoms with Crippen LogP contribution in [0.4, 0.5) is 0 Å². The molecule has 0 aromatic carbocycles. The summed E-state index contributed by atoms with van der Waals surface area (Å²) in [6.07, 6.45) is 1.37. The predicted octanol–water partition coefficient (Wildman–Crippen LogP) is 1.03. The standard InChI is InChI=1S/C9H20N2S/c1-2-10-4-6-11-5-3-8-12-9-7-11/h10H,2-9H2,1H3. The molecule has 0 spiro atoms. The minimum absolute atomic E-state index is 1.10. The molecular formula is C9H20N2S. The van der Waals surface area contributed by atoms with E-state index in [4.69, 9.17) is 0 Å². The molecule has 0 bridgehead atoms. The Labute approximate surface area is 80.1 Å². The summed E-state index contributed by atoms with van der Waals surface area (Å²) in [5.41, 5.74) is 0. The Balaban J connectivity index is 2.04.